The quantitative estimate of drug-likeness (QED) is 0.617. The van der Waals surface area contributed by atoms with E-state index in [0.29, 0.717) is 23.5 Å². The Hall–Kier alpha value is -3.41. The van der Waals surface area contributed by atoms with Gasteiger partial charge in [-0.05, 0) is 75.1 Å². The van der Waals surface area contributed by atoms with Crippen LogP contribution < -0.4 is 10.2 Å². The van der Waals surface area contributed by atoms with Crippen molar-refractivity contribution in [3.8, 4) is 0 Å². The molecule has 0 radical (unpaired) electrons. The maximum atomic E-state index is 13.0. The molecule has 1 aliphatic heterocycles. The standard InChI is InChI=1S/C26H30N4O2/c1-17(2)23-16-21(28-30(23)26(3,4)5)24(31)27-20-12-10-19(11-13-20)25(32)29-15-14-18-8-6-7-9-22(18)29/h6-13,16-17H,14-15H2,1-5H3,(H,27,31). The lowest BCUT2D eigenvalue weighted by molar-refractivity contribution is 0.0987. The molecule has 0 aliphatic carbocycles. The minimum absolute atomic E-state index is 0.0293. The average molecular weight is 431 g/mol. The number of carbonyl (C=O) groups is 2. The molecule has 6 nitrogen and oxygen atoms in total. The lowest BCUT2D eigenvalue weighted by atomic mass is 10.1. The van der Waals surface area contributed by atoms with Crippen LogP contribution in [0.3, 0.4) is 0 Å². The number of nitrogens with one attached hydrogen (secondary N) is 1. The molecule has 0 atom stereocenters. The van der Waals surface area contributed by atoms with E-state index in [-0.39, 0.29) is 23.3 Å². The van der Waals surface area contributed by atoms with Crippen LogP contribution in [0.4, 0.5) is 11.4 Å². The van der Waals surface area contributed by atoms with Gasteiger partial charge in [-0.3, -0.25) is 14.3 Å². The fourth-order valence-corrected chi connectivity index (χ4v) is 4.05. The van der Waals surface area contributed by atoms with Crippen LogP contribution in [0.1, 0.15) is 72.6 Å². The van der Waals surface area contributed by atoms with Crippen LogP contribution in [0.2, 0.25) is 0 Å². The van der Waals surface area contributed by atoms with E-state index in [1.165, 1.54) is 5.56 Å². The molecule has 1 aliphatic rings. The van der Waals surface area contributed by atoms with Crippen LogP contribution >= 0.6 is 0 Å². The molecule has 0 spiro atoms. The minimum atomic E-state index is -0.262. The first kappa shape index (κ1) is 21.8. The van der Waals surface area contributed by atoms with Crippen LogP contribution in [-0.2, 0) is 12.0 Å². The Morgan fingerprint density at radius 3 is 2.34 bits per heavy atom. The Morgan fingerprint density at radius 2 is 1.72 bits per heavy atom. The van der Waals surface area contributed by atoms with Crippen molar-refractivity contribution in [2.45, 2.75) is 52.5 Å². The number of benzene rings is 2. The van der Waals surface area contributed by atoms with E-state index in [4.69, 9.17) is 0 Å². The van der Waals surface area contributed by atoms with E-state index in [1.807, 2.05) is 33.8 Å². The van der Waals surface area contributed by atoms with Crippen LogP contribution in [0.25, 0.3) is 0 Å². The summed E-state index contributed by atoms with van der Waals surface area (Å²) < 4.78 is 1.92. The third kappa shape index (κ3) is 4.17. The maximum absolute atomic E-state index is 13.0. The Kier molecular flexibility index (Phi) is 5.63. The Labute approximate surface area is 189 Å². The molecule has 0 saturated carbocycles. The van der Waals surface area contributed by atoms with Gasteiger partial charge in [0, 0.05) is 29.2 Å². The van der Waals surface area contributed by atoms with Gasteiger partial charge < -0.3 is 10.2 Å². The molecule has 0 unspecified atom stereocenters. The third-order valence-corrected chi connectivity index (χ3v) is 5.72. The van der Waals surface area contributed by atoms with Gasteiger partial charge in [-0.25, -0.2) is 0 Å². The molecule has 32 heavy (non-hydrogen) atoms. The summed E-state index contributed by atoms with van der Waals surface area (Å²) in [7, 11) is 0. The van der Waals surface area contributed by atoms with E-state index >= 15 is 0 Å². The first-order chi connectivity index (χ1) is 15.1. The fraction of sp³-hybridized carbons (Fsp3) is 0.346. The molecule has 6 heteroatoms. The van der Waals surface area contributed by atoms with Crippen LogP contribution in [-0.4, -0.2) is 28.1 Å². The van der Waals surface area contributed by atoms with Crippen LogP contribution in [0.5, 0.6) is 0 Å². The molecule has 4 rings (SSSR count). The molecule has 2 aromatic carbocycles. The van der Waals surface area contributed by atoms with E-state index in [9.17, 15) is 9.59 Å². The molecular formula is C26H30N4O2. The summed E-state index contributed by atoms with van der Waals surface area (Å²) in [6.45, 7) is 11.1. The summed E-state index contributed by atoms with van der Waals surface area (Å²) in [5, 5.41) is 7.46. The normalized spacial score (nSPS) is 13.4. The van der Waals surface area contributed by atoms with Gasteiger partial charge >= 0.3 is 0 Å². The average Bonchev–Trinajstić information content (AvgIpc) is 3.39. The van der Waals surface area contributed by atoms with Crippen molar-refractivity contribution >= 4 is 23.2 Å². The first-order valence-electron chi connectivity index (χ1n) is 11.1. The van der Waals surface area contributed by atoms with Crippen molar-refractivity contribution in [3.05, 3.63) is 77.1 Å². The van der Waals surface area contributed by atoms with Gasteiger partial charge in [0.25, 0.3) is 11.8 Å². The predicted molar refractivity (Wildman–Crippen MR) is 128 cm³/mol. The number of aromatic nitrogens is 2. The molecule has 0 fully saturated rings. The number of para-hydroxylation sites is 1. The molecule has 1 aromatic heterocycles. The van der Waals surface area contributed by atoms with Crippen LogP contribution in [0.15, 0.2) is 54.6 Å². The molecule has 2 amide bonds. The Balaban J connectivity index is 1.49. The number of hydrogen-bond acceptors (Lipinski definition) is 3. The molecule has 0 saturated heterocycles. The molecule has 3 aromatic rings. The zero-order valence-corrected chi connectivity index (χ0v) is 19.3. The summed E-state index contributed by atoms with van der Waals surface area (Å²) in [4.78, 5) is 27.6. The third-order valence-electron chi connectivity index (χ3n) is 5.72. The van der Waals surface area contributed by atoms with E-state index in [2.05, 4.69) is 51.1 Å². The highest BCUT2D eigenvalue weighted by molar-refractivity contribution is 6.08. The zero-order valence-electron chi connectivity index (χ0n) is 19.3. The number of carbonyl (C=O) groups excluding carboxylic acids is 2. The van der Waals surface area contributed by atoms with Crippen molar-refractivity contribution in [2.75, 3.05) is 16.8 Å². The van der Waals surface area contributed by atoms with Crippen molar-refractivity contribution in [2.24, 2.45) is 0 Å². The lowest BCUT2D eigenvalue weighted by Crippen LogP contribution is -2.28. The van der Waals surface area contributed by atoms with Crippen molar-refractivity contribution in [3.63, 3.8) is 0 Å². The zero-order chi connectivity index (χ0) is 23.0. The number of anilines is 2. The number of fused-ring (bicyclic) bond motifs is 1. The summed E-state index contributed by atoms with van der Waals surface area (Å²) in [5.41, 5.74) is 4.59. The number of hydrogen-bond donors (Lipinski definition) is 1. The SMILES string of the molecule is CC(C)c1cc(C(=O)Nc2ccc(C(=O)N3CCc4ccccc43)cc2)nn1C(C)(C)C. The Morgan fingerprint density at radius 1 is 1.03 bits per heavy atom. The highest BCUT2D eigenvalue weighted by Crippen LogP contribution is 2.29. The summed E-state index contributed by atoms with van der Waals surface area (Å²) in [5.74, 6) is -0.0370. The highest BCUT2D eigenvalue weighted by Gasteiger charge is 2.26. The van der Waals surface area contributed by atoms with E-state index in [1.54, 1.807) is 24.3 Å². The fourth-order valence-electron chi connectivity index (χ4n) is 4.05. The van der Waals surface area contributed by atoms with Crippen molar-refractivity contribution < 1.29 is 9.59 Å². The maximum Gasteiger partial charge on any atom is 0.276 e. The second-order valence-electron chi connectivity index (χ2n) is 9.56. The second kappa shape index (κ2) is 8.26. The molecular weight excluding hydrogens is 400 g/mol. The largest absolute Gasteiger partial charge is 0.321 e. The van der Waals surface area contributed by atoms with Gasteiger partial charge in [0.15, 0.2) is 5.69 Å². The molecule has 1 N–H and O–H groups in total. The topological polar surface area (TPSA) is 67.2 Å². The summed E-state index contributed by atoms with van der Waals surface area (Å²) >= 11 is 0. The van der Waals surface area contributed by atoms with E-state index in [0.717, 1.165) is 17.8 Å². The smallest absolute Gasteiger partial charge is 0.276 e. The van der Waals surface area contributed by atoms with Gasteiger partial charge in [-0.1, -0.05) is 32.0 Å². The summed E-state index contributed by atoms with van der Waals surface area (Å²) in [6, 6.07) is 16.9. The number of nitrogens with zero attached hydrogens (tertiary/aromatic N) is 3. The van der Waals surface area contributed by atoms with Crippen molar-refractivity contribution in [1.82, 2.24) is 9.78 Å². The first-order valence-corrected chi connectivity index (χ1v) is 11.1. The van der Waals surface area contributed by atoms with Gasteiger partial charge in [-0.15, -0.1) is 0 Å². The van der Waals surface area contributed by atoms with Crippen molar-refractivity contribution in [1.29, 1.82) is 0 Å². The van der Waals surface area contributed by atoms with Gasteiger partial charge in [0.1, 0.15) is 0 Å². The summed E-state index contributed by atoms with van der Waals surface area (Å²) in [6.07, 6.45) is 0.871. The molecule has 166 valence electrons. The Bertz CT molecular complexity index is 1150. The number of rotatable bonds is 4. The van der Waals surface area contributed by atoms with Gasteiger partial charge in [0.2, 0.25) is 0 Å². The lowest BCUT2D eigenvalue weighted by Gasteiger charge is -2.23. The highest BCUT2D eigenvalue weighted by atomic mass is 16.2. The minimum Gasteiger partial charge on any atom is -0.321 e. The predicted octanol–water partition coefficient (Wildman–Crippen LogP) is 5.22. The molecule has 2 heterocycles. The monoisotopic (exact) mass is 430 g/mol. The van der Waals surface area contributed by atoms with Gasteiger partial charge in [-0.2, -0.15) is 5.10 Å². The van der Waals surface area contributed by atoms with Crippen LogP contribution in [0, 0.1) is 0 Å². The van der Waals surface area contributed by atoms with E-state index < -0.39 is 0 Å². The number of amides is 2. The molecule has 0 bridgehead atoms. The second-order valence-corrected chi connectivity index (χ2v) is 9.56. The van der Waals surface area contributed by atoms with Gasteiger partial charge in [0.05, 0.1) is 5.54 Å².